The Hall–Kier alpha value is -2.05. The summed E-state index contributed by atoms with van der Waals surface area (Å²) in [4.78, 5) is 23.9. The van der Waals surface area contributed by atoms with Gasteiger partial charge in [0.25, 0.3) is 0 Å². The lowest BCUT2D eigenvalue weighted by Crippen LogP contribution is -2.34. The van der Waals surface area contributed by atoms with E-state index in [1.807, 2.05) is 13.8 Å². The number of fused-ring (bicyclic) bond motifs is 1. The summed E-state index contributed by atoms with van der Waals surface area (Å²) in [5.41, 5.74) is 2.53. The van der Waals surface area contributed by atoms with Crippen molar-refractivity contribution >= 4 is 22.8 Å². The molecule has 1 saturated carbocycles. The number of hydrogen-bond acceptors (Lipinski definition) is 3. The number of nitrogens with zero attached hydrogens (tertiary/aromatic N) is 2. The summed E-state index contributed by atoms with van der Waals surface area (Å²) in [6, 6.07) is 0. The minimum absolute atomic E-state index is 0.0513. The van der Waals surface area contributed by atoms with Gasteiger partial charge in [0.05, 0.1) is 5.39 Å². The van der Waals surface area contributed by atoms with Gasteiger partial charge in [-0.05, 0) is 38.2 Å². The standard InChI is InChI=1S/C16H20F2N4O/c1-8-9(2)21-14-13(8)15(20-7-19-14)22-16(23)11(6-12(17)18)10-4-3-5-10/h7,10-12H,3-6H2,1-2H3,(H2,19,20,21,22,23)/t11-/m0/s1. The molecule has 0 unspecified atom stereocenters. The molecule has 0 spiro atoms. The van der Waals surface area contributed by atoms with Gasteiger partial charge in [-0.2, -0.15) is 0 Å². The Morgan fingerprint density at radius 3 is 2.74 bits per heavy atom. The summed E-state index contributed by atoms with van der Waals surface area (Å²) in [5, 5.41) is 3.49. The zero-order chi connectivity index (χ0) is 16.6. The maximum absolute atomic E-state index is 12.8. The van der Waals surface area contributed by atoms with Gasteiger partial charge in [-0.25, -0.2) is 18.7 Å². The number of amides is 1. The lowest BCUT2D eigenvalue weighted by atomic mass is 9.74. The molecule has 1 aliphatic rings. The average Bonchev–Trinajstić information content (AvgIpc) is 2.72. The van der Waals surface area contributed by atoms with Gasteiger partial charge in [-0.15, -0.1) is 0 Å². The second kappa shape index (κ2) is 6.22. The third kappa shape index (κ3) is 3.04. The number of aryl methyl sites for hydroxylation is 2. The molecule has 0 aliphatic heterocycles. The molecule has 0 bridgehead atoms. The molecule has 2 N–H and O–H groups in total. The first-order chi connectivity index (χ1) is 11.0. The van der Waals surface area contributed by atoms with Crippen molar-refractivity contribution in [3.8, 4) is 0 Å². The second-order valence-corrected chi connectivity index (χ2v) is 6.23. The van der Waals surface area contributed by atoms with Crippen LogP contribution in [0.5, 0.6) is 0 Å². The average molecular weight is 322 g/mol. The summed E-state index contributed by atoms with van der Waals surface area (Å²) in [5.74, 6) is -0.585. The molecule has 3 rings (SSSR count). The van der Waals surface area contributed by atoms with Crippen LogP contribution in [-0.4, -0.2) is 27.3 Å². The Kier molecular flexibility index (Phi) is 4.28. The first-order valence-corrected chi connectivity index (χ1v) is 7.86. The Labute approximate surface area is 132 Å². The maximum Gasteiger partial charge on any atom is 0.239 e. The minimum Gasteiger partial charge on any atom is -0.343 e. The number of carbonyl (C=O) groups excluding carboxylic acids is 1. The number of hydrogen-bond donors (Lipinski definition) is 2. The van der Waals surface area contributed by atoms with Crippen molar-refractivity contribution < 1.29 is 13.6 Å². The van der Waals surface area contributed by atoms with E-state index in [1.165, 1.54) is 6.33 Å². The van der Waals surface area contributed by atoms with Crippen LogP contribution in [0.15, 0.2) is 6.33 Å². The molecular formula is C16H20F2N4O. The second-order valence-electron chi connectivity index (χ2n) is 6.23. The molecule has 23 heavy (non-hydrogen) atoms. The molecule has 2 aromatic heterocycles. The molecule has 0 aromatic carbocycles. The van der Waals surface area contributed by atoms with E-state index in [9.17, 15) is 13.6 Å². The van der Waals surface area contributed by atoms with E-state index in [0.29, 0.717) is 11.5 Å². The van der Waals surface area contributed by atoms with E-state index in [-0.39, 0.29) is 11.8 Å². The number of alkyl halides is 2. The zero-order valence-electron chi connectivity index (χ0n) is 13.2. The van der Waals surface area contributed by atoms with Gasteiger partial charge >= 0.3 is 0 Å². The summed E-state index contributed by atoms with van der Waals surface area (Å²) >= 11 is 0. The van der Waals surface area contributed by atoms with Crippen LogP contribution >= 0.6 is 0 Å². The van der Waals surface area contributed by atoms with Crippen molar-refractivity contribution in [3.05, 3.63) is 17.6 Å². The SMILES string of the molecule is Cc1[nH]c2ncnc(NC(=O)[C@@H](CC(F)F)C3CCC3)c2c1C. The third-order valence-corrected chi connectivity index (χ3v) is 4.82. The molecule has 0 radical (unpaired) electrons. The number of carbonyl (C=O) groups is 1. The molecule has 5 nitrogen and oxygen atoms in total. The fraction of sp³-hybridized carbons (Fsp3) is 0.562. The Balaban J connectivity index is 1.86. The third-order valence-electron chi connectivity index (χ3n) is 4.82. The molecule has 1 atom stereocenters. The molecule has 2 aromatic rings. The van der Waals surface area contributed by atoms with Crippen LogP contribution in [0.4, 0.5) is 14.6 Å². The van der Waals surface area contributed by atoms with Gasteiger partial charge in [0.1, 0.15) is 17.8 Å². The number of aromatic amines is 1. The minimum atomic E-state index is -2.48. The van der Waals surface area contributed by atoms with Gasteiger partial charge in [0.2, 0.25) is 12.3 Å². The smallest absolute Gasteiger partial charge is 0.239 e. The van der Waals surface area contributed by atoms with Gasteiger partial charge in [-0.3, -0.25) is 4.79 Å². The fourth-order valence-corrected chi connectivity index (χ4v) is 3.15. The number of anilines is 1. The Bertz CT molecular complexity index is 724. The molecule has 1 aliphatic carbocycles. The van der Waals surface area contributed by atoms with Crippen molar-refractivity contribution in [2.45, 2.75) is 46.0 Å². The largest absolute Gasteiger partial charge is 0.343 e. The van der Waals surface area contributed by atoms with Crippen LogP contribution in [0.25, 0.3) is 11.0 Å². The summed E-state index contributed by atoms with van der Waals surface area (Å²) in [6.07, 6.45) is 1.17. The van der Waals surface area contributed by atoms with Crippen LogP contribution in [0.2, 0.25) is 0 Å². The lowest BCUT2D eigenvalue weighted by Gasteiger charge is -2.32. The highest BCUT2D eigenvalue weighted by Gasteiger charge is 2.35. The summed E-state index contributed by atoms with van der Waals surface area (Å²) in [7, 11) is 0. The molecule has 7 heteroatoms. The monoisotopic (exact) mass is 322 g/mol. The van der Waals surface area contributed by atoms with Crippen LogP contribution in [0.1, 0.15) is 36.9 Å². The maximum atomic E-state index is 12.8. The van der Waals surface area contributed by atoms with Gasteiger partial charge in [0.15, 0.2) is 0 Å². The first-order valence-electron chi connectivity index (χ1n) is 7.86. The number of nitrogens with one attached hydrogen (secondary N) is 2. The first kappa shape index (κ1) is 15.8. The molecule has 0 saturated heterocycles. The highest BCUT2D eigenvalue weighted by molar-refractivity contribution is 6.01. The van der Waals surface area contributed by atoms with E-state index >= 15 is 0 Å². The highest BCUT2D eigenvalue weighted by atomic mass is 19.3. The van der Waals surface area contributed by atoms with E-state index in [0.717, 1.165) is 35.9 Å². The van der Waals surface area contributed by atoms with E-state index in [4.69, 9.17) is 0 Å². The molecule has 2 heterocycles. The number of rotatable bonds is 5. The van der Waals surface area contributed by atoms with E-state index in [2.05, 4.69) is 20.3 Å². The van der Waals surface area contributed by atoms with Crippen LogP contribution in [0.3, 0.4) is 0 Å². The number of aromatic nitrogens is 3. The lowest BCUT2D eigenvalue weighted by molar-refractivity contribution is -0.124. The van der Waals surface area contributed by atoms with Crippen LogP contribution < -0.4 is 5.32 Å². The molecular weight excluding hydrogens is 302 g/mol. The van der Waals surface area contributed by atoms with Crippen molar-refractivity contribution in [1.29, 1.82) is 0 Å². The van der Waals surface area contributed by atoms with E-state index < -0.39 is 18.8 Å². The number of halogens is 2. The number of H-pyrrole nitrogens is 1. The van der Waals surface area contributed by atoms with Crippen molar-refractivity contribution in [2.75, 3.05) is 5.32 Å². The zero-order valence-corrected chi connectivity index (χ0v) is 13.2. The van der Waals surface area contributed by atoms with Crippen molar-refractivity contribution in [2.24, 2.45) is 11.8 Å². The van der Waals surface area contributed by atoms with Gasteiger partial charge in [-0.1, -0.05) is 6.42 Å². The molecule has 1 fully saturated rings. The van der Waals surface area contributed by atoms with E-state index in [1.54, 1.807) is 0 Å². The Morgan fingerprint density at radius 2 is 2.13 bits per heavy atom. The summed E-state index contributed by atoms with van der Waals surface area (Å²) in [6.45, 7) is 3.83. The molecule has 1 amide bonds. The predicted molar refractivity (Wildman–Crippen MR) is 83.4 cm³/mol. The fourth-order valence-electron chi connectivity index (χ4n) is 3.15. The Morgan fingerprint density at radius 1 is 1.39 bits per heavy atom. The molecule has 124 valence electrons. The van der Waals surface area contributed by atoms with Crippen LogP contribution in [0, 0.1) is 25.7 Å². The van der Waals surface area contributed by atoms with Gasteiger partial charge < -0.3 is 10.3 Å². The van der Waals surface area contributed by atoms with Crippen molar-refractivity contribution in [3.63, 3.8) is 0 Å². The highest BCUT2D eigenvalue weighted by Crippen LogP contribution is 2.37. The van der Waals surface area contributed by atoms with Crippen molar-refractivity contribution in [1.82, 2.24) is 15.0 Å². The normalized spacial score (nSPS) is 16.6. The quantitative estimate of drug-likeness (QED) is 0.884. The van der Waals surface area contributed by atoms with Gasteiger partial charge in [0, 0.05) is 18.0 Å². The van der Waals surface area contributed by atoms with Crippen LogP contribution in [-0.2, 0) is 4.79 Å². The summed E-state index contributed by atoms with van der Waals surface area (Å²) < 4.78 is 25.6. The topological polar surface area (TPSA) is 70.7 Å². The predicted octanol–water partition coefficient (Wildman–Crippen LogP) is 3.58.